The van der Waals surface area contributed by atoms with E-state index in [0.717, 1.165) is 37.4 Å². The second kappa shape index (κ2) is 5.80. The summed E-state index contributed by atoms with van der Waals surface area (Å²) in [6.07, 6.45) is 5.18. The maximum absolute atomic E-state index is 11.6. The lowest BCUT2D eigenvalue weighted by Gasteiger charge is -2.31. The van der Waals surface area contributed by atoms with Crippen LogP contribution in [0.5, 0.6) is 0 Å². The van der Waals surface area contributed by atoms with Gasteiger partial charge >= 0.3 is 5.97 Å². The van der Waals surface area contributed by atoms with Crippen molar-refractivity contribution in [2.45, 2.75) is 26.7 Å². The van der Waals surface area contributed by atoms with E-state index < -0.39 is 0 Å². The van der Waals surface area contributed by atoms with Crippen molar-refractivity contribution < 1.29 is 9.53 Å². The van der Waals surface area contributed by atoms with Crippen LogP contribution in [0.1, 0.15) is 25.5 Å². The van der Waals surface area contributed by atoms with Crippen molar-refractivity contribution >= 4 is 11.8 Å². The lowest BCUT2D eigenvalue weighted by molar-refractivity contribution is -0.148. The van der Waals surface area contributed by atoms with E-state index in [1.165, 1.54) is 0 Å². The third-order valence-corrected chi connectivity index (χ3v) is 3.18. The van der Waals surface area contributed by atoms with Gasteiger partial charge in [0, 0.05) is 19.3 Å². The molecular weight excluding hydrogens is 230 g/mol. The van der Waals surface area contributed by atoms with Crippen molar-refractivity contribution in [3.8, 4) is 0 Å². The number of piperidine rings is 1. The van der Waals surface area contributed by atoms with Crippen LogP contribution in [-0.4, -0.2) is 35.6 Å². The highest BCUT2D eigenvalue weighted by Crippen LogP contribution is 2.22. The van der Waals surface area contributed by atoms with Crippen molar-refractivity contribution in [1.29, 1.82) is 0 Å². The van der Waals surface area contributed by atoms with Crippen LogP contribution in [0.3, 0.4) is 0 Å². The number of aromatic nitrogens is 2. The number of aryl methyl sites for hydroxylation is 1. The molecule has 0 N–H and O–H groups in total. The lowest BCUT2D eigenvalue weighted by Crippen LogP contribution is -2.37. The fourth-order valence-electron chi connectivity index (χ4n) is 2.21. The summed E-state index contributed by atoms with van der Waals surface area (Å²) in [4.78, 5) is 22.4. The lowest BCUT2D eigenvalue weighted by atomic mass is 9.97. The smallest absolute Gasteiger partial charge is 0.309 e. The molecule has 0 saturated carbocycles. The van der Waals surface area contributed by atoms with Gasteiger partial charge in [0.25, 0.3) is 0 Å². The first-order chi connectivity index (χ1) is 8.70. The fraction of sp³-hybridized carbons (Fsp3) is 0.615. The molecule has 0 spiro atoms. The summed E-state index contributed by atoms with van der Waals surface area (Å²) in [6.45, 7) is 5.91. The molecule has 0 unspecified atom stereocenters. The Balaban J connectivity index is 1.92. The van der Waals surface area contributed by atoms with E-state index in [4.69, 9.17) is 4.74 Å². The van der Waals surface area contributed by atoms with Crippen molar-refractivity contribution in [2.75, 3.05) is 24.6 Å². The molecule has 1 saturated heterocycles. The van der Waals surface area contributed by atoms with Crippen molar-refractivity contribution in [3.63, 3.8) is 0 Å². The highest BCUT2D eigenvalue weighted by molar-refractivity contribution is 5.72. The highest BCUT2D eigenvalue weighted by atomic mass is 16.5. The summed E-state index contributed by atoms with van der Waals surface area (Å²) in [5, 5.41) is 0. The number of rotatable bonds is 3. The van der Waals surface area contributed by atoms with E-state index in [9.17, 15) is 4.79 Å². The van der Waals surface area contributed by atoms with Gasteiger partial charge in [0.05, 0.1) is 24.4 Å². The molecule has 1 aliphatic rings. The number of carbonyl (C=O) groups is 1. The maximum Gasteiger partial charge on any atom is 0.309 e. The molecule has 0 atom stereocenters. The Kier molecular flexibility index (Phi) is 4.12. The van der Waals surface area contributed by atoms with Crippen LogP contribution in [0.25, 0.3) is 0 Å². The molecule has 0 bridgehead atoms. The molecule has 2 rings (SSSR count). The first-order valence-electron chi connectivity index (χ1n) is 6.41. The normalized spacial score (nSPS) is 16.7. The van der Waals surface area contributed by atoms with Gasteiger partial charge in [-0.15, -0.1) is 0 Å². The Hall–Kier alpha value is -1.65. The Morgan fingerprint density at radius 1 is 1.44 bits per heavy atom. The Morgan fingerprint density at radius 2 is 2.17 bits per heavy atom. The molecule has 98 valence electrons. The van der Waals surface area contributed by atoms with Gasteiger partial charge in [-0.05, 0) is 26.7 Å². The molecule has 2 heterocycles. The minimum atomic E-state index is -0.0625. The first-order valence-corrected chi connectivity index (χ1v) is 6.41. The largest absolute Gasteiger partial charge is 0.466 e. The van der Waals surface area contributed by atoms with Gasteiger partial charge in [-0.25, -0.2) is 4.98 Å². The summed E-state index contributed by atoms with van der Waals surface area (Å²) in [5.74, 6) is 0.878. The van der Waals surface area contributed by atoms with Gasteiger partial charge in [-0.2, -0.15) is 0 Å². The fourth-order valence-corrected chi connectivity index (χ4v) is 2.21. The number of hydrogen-bond acceptors (Lipinski definition) is 5. The average Bonchev–Trinajstić information content (AvgIpc) is 2.39. The van der Waals surface area contributed by atoms with Crippen molar-refractivity contribution in [2.24, 2.45) is 5.92 Å². The molecule has 1 aliphatic heterocycles. The first kappa shape index (κ1) is 12.8. The molecule has 1 aromatic rings. The molecule has 5 heteroatoms. The number of anilines is 1. The zero-order valence-electron chi connectivity index (χ0n) is 10.9. The molecular formula is C13H19N3O2. The number of nitrogens with zero attached hydrogens (tertiary/aromatic N) is 3. The molecule has 0 aliphatic carbocycles. The van der Waals surface area contributed by atoms with Crippen LogP contribution in [0.4, 0.5) is 5.82 Å². The van der Waals surface area contributed by atoms with Crippen LogP contribution >= 0.6 is 0 Å². The van der Waals surface area contributed by atoms with Crippen LogP contribution < -0.4 is 4.90 Å². The highest BCUT2D eigenvalue weighted by Gasteiger charge is 2.26. The minimum absolute atomic E-state index is 0.0407. The molecule has 0 radical (unpaired) electrons. The predicted octanol–water partition coefficient (Wildman–Crippen LogP) is 1.56. The Bertz CT molecular complexity index is 414. The van der Waals surface area contributed by atoms with Gasteiger partial charge in [-0.1, -0.05) is 0 Å². The molecule has 18 heavy (non-hydrogen) atoms. The van der Waals surface area contributed by atoms with E-state index in [1.54, 1.807) is 12.4 Å². The number of carbonyl (C=O) groups excluding carboxylic acids is 1. The van der Waals surface area contributed by atoms with Crippen LogP contribution in [-0.2, 0) is 9.53 Å². The van der Waals surface area contributed by atoms with E-state index in [-0.39, 0.29) is 11.9 Å². The molecule has 0 aromatic carbocycles. The van der Waals surface area contributed by atoms with Gasteiger partial charge in [0.2, 0.25) is 0 Å². The maximum atomic E-state index is 11.6. The minimum Gasteiger partial charge on any atom is -0.466 e. The van der Waals surface area contributed by atoms with E-state index in [2.05, 4.69) is 14.9 Å². The van der Waals surface area contributed by atoms with E-state index in [0.29, 0.717) is 6.61 Å². The van der Waals surface area contributed by atoms with Gasteiger partial charge in [0.15, 0.2) is 0 Å². The van der Waals surface area contributed by atoms with Gasteiger partial charge in [0.1, 0.15) is 5.82 Å². The quantitative estimate of drug-likeness (QED) is 0.761. The average molecular weight is 249 g/mol. The predicted molar refractivity (Wildman–Crippen MR) is 68.3 cm³/mol. The summed E-state index contributed by atoms with van der Waals surface area (Å²) in [6, 6.07) is 0. The van der Waals surface area contributed by atoms with Crippen molar-refractivity contribution in [1.82, 2.24) is 9.97 Å². The number of esters is 1. The number of hydrogen-bond donors (Lipinski definition) is 0. The Labute approximate surface area is 107 Å². The van der Waals surface area contributed by atoms with Gasteiger partial charge in [-0.3, -0.25) is 9.78 Å². The van der Waals surface area contributed by atoms with Gasteiger partial charge < -0.3 is 9.64 Å². The molecule has 1 fully saturated rings. The van der Waals surface area contributed by atoms with E-state index >= 15 is 0 Å². The SMILES string of the molecule is CCOC(=O)C1CCN(c2cncc(C)n2)CC1. The standard InChI is InChI=1S/C13H19N3O2/c1-3-18-13(17)11-4-6-16(7-5-11)12-9-14-8-10(2)15-12/h8-9,11H,3-7H2,1-2H3. The second-order valence-corrected chi connectivity index (χ2v) is 4.53. The van der Waals surface area contributed by atoms with Crippen LogP contribution in [0.2, 0.25) is 0 Å². The summed E-state index contributed by atoms with van der Waals surface area (Å²) < 4.78 is 5.06. The monoisotopic (exact) mass is 249 g/mol. The molecule has 5 nitrogen and oxygen atoms in total. The van der Waals surface area contributed by atoms with Crippen LogP contribution in [0.15, 0.2) is 12.4 Å². The van der Waals surface area contributed by atoms with Crippen molar-refractivity contribution in [3.05, 3.63) is 18.1 Å². The third kappa shape index (κ3) is 2.97. The molecule has 1 aromatic heterocycles. The topological polar surface area (TPSA) is 55.3 Å². The zero-order chi connectivity index (χ0) is 13.0. The summed E-state index contributed by atoms with van der Waals surface area (Å²) in [5.41, 5.74) is 0.917. The summed E-state index contributed by atoms with van der Waals surface area (Å²) in [7, 11) is 0. The molecule has 0 amide bonds. The van der Waals surface area contributed by atoms with Crippen LogP contribution in [0, 0.1) is 12.8 Å². The Morgan fingerprint density at radius 3 is 2.78 bits per heavy atom. The number of ether oxygens (including phenoxy) is 1. The second-order valence-electron chi connectivity index (χ2n) is 4.53. The zero-order valence-corrected chi connectivity index (χ0v) is 10.9. The van der Waals surface area contributed by atoms with E-state index in [1.807, 2.05) is 13.8 Å². The summed E-state index contributed by atoms with van der Waals surface area (Å²) >= 11 is 0. The third-order valence-electron chi connectivity index (χ3n) is 3.18.